The Kier molecular flexibility index (Phi) is 5.09. The van der Waals surface area contributed by atoms with Gasteiger partial charge in [-0.1, -0.05) is 32.9 Å². The van der Waals surface area contributed by atoms with Crippen molar-refractivity contribution in [2.45, 2.75) is 111 Å². The van der Waals surface area contributed by atoms with Crippen LogP contribution in [0.2, 0.25) is 0 Å². The van der Waals surface area contributed by atoms with Gasteiger partial charge in [0.2, 0.25) is 0 Å². The fourth-order valence-electron chi connectivity index (χ4n) is 11.2. The van der Waals surface area contributed by atoms with E-state index in [0.717, 1.165) is 24.7 Å². The summed E-state index contributed by atoms with van der Waals surface area (Å²) in [6.45, 7) is 20.9. The summed E-state index contributed by atoms with van der Waals surface area (Å²) in [4.78, 5) is 0. The van der Waals surface area contributed by atoms with Crippen molar-refractivity contribution in [2.75, 3.05) is 6.54 Å². The number of nitrogens with zero attached hydrogens (tertiary/aromatic N) is 1. The van der Waals surface area contributed by atoms with Crippen LogP contribution in [0.5, 0.6) is 0 Å². The van der Waals surface area contributed by atoms with Crippen LogP contribution in [0.3, 0.4) is 0 Å². The molecule has 32 heavy (non-hydrogen) atoms. The Morgan fingerprint density at radius 3 is 2.31 bits per heavy atom. The summed E-state index contributed by atoms with van der Waals surface area (Å²) in [5.41, 5.74) is 2.69. The molecule has 5 aliphatic rings. The van der Waals surface area contributed by atoms with Gasteiger partial charge in [-0.15, -0.1) is 0 Å². The van der Waals surface area contributed by atoms with E-state index < -0.39 is 0 Å². The van der Waals surface area contributed by atoms with Crippen LogP contribution in [0.1, 0.15) is 106 Å². The topological polar surface area (TPSA) is 35.8 Å². The summed E-state index contributed by atoms with van der Waals surface area (Å²) in [5.74, 6) is 3.38. The standard InChI is InChI=1S/C30H48N2/c1-20(2)21-11-15-30(19-31)17-16-28(6)22(25(21)30)9-10-24-27(5)13-8-18-32-26(3,4)23(27)12-14-29(24,28)7/h21-25,32H,1,8-18H2,2-7H3/t21-,22+,23-,24+,25+,27-,28+,29+,30+/m0/s1. The van der Waals surface area contributed by atoms with E-state index in [-0.39, 0.29) is 11.0 Å². The number of rotatable bonds is 1. The van der Waals surface area contributed by atoms with E-state index in [0.29, 0.717) is 34.0 Å². The molecule has 5 rings (SSSR count). The van der Waals surface area contributed by atoms with Crippen LogP contribution in [0.25, 0.3) is 0 Å². The first-order chi connectivity index (χ1) is 15.0. The van der Waals surface area contributed by atoms with E-state index in [4.69, 9.17) is 0 Å². The third-order valence-corrected chi connectivity index (χ3v) is 12.9. The van der Waals surface area contributed by atoms with Crippen LogP contribution in [0, 0.1) is 62.6 Å². The highest BCUT2D eigenvalue weighted by Gasteiger charge is 2.70. The number of fused-ring (bicyclic) bond motifs is 7. The molecule has 2 heteroatoms. The van der Waals surface area contributed by atoms with Gasteiger partial charge in [0, 0.05) is 5.54 Å². The summed E-state index contributed by atoms with van der Waals surface area (Å²) < 4.78 is 0. The van der Waals surface area contributed by atoms with Crippen LogP contribution in [0.4, 0.5) is 0 Å². The minimum Gasteiger partial charge on any atom is -0.311 e. The first-order valence-electron chi connectivity index (χ1n) is 13.8. The van der Waals surface area contributed by atoms with Crippen LogP contribution in [-0.4, -0.2) is 12.1 Å². The van der Waals surface area contributed by atoms with E-state index in [9.17, 15) is 5.26 Å². The maximum Gasteiger partial charge on any atom is 0.0693 e. The first-order valence-corrected chi connectivity index (χ1v) is 13.8. The second-order valence-corrected chi connectivity index (χ2v) is 14.2. The van der Waals surface area contributed by atoms with Gasteiger partial charge < -0.3 is 5.32 Å². The van der Waals surface area contributed by atoms with Gasteiger partial charge in [0.05, 0.1) is 11.5 Å². The summed E-state index contributed by atoms with van der Waals surface area (Å²) >= 11 is 0. The number of nitrogens with one attached hydrogen (secondary N) is 1. The van der Waals surface area contributed by atoms with E-state index in [1.807, 2.05) is 0 Å². The molecule has 0 bridgehead atoms. The SMILES string of the molecule is C=C(C)[C@@H]1CC[C@]2(C#N)CC[C@]3(C)[C@H](CC[C@@H]4[C@@]5(C)CCCNC(C)(C)[C@@H]5CC[C@]43C)[C@@H]12. The average molecular weight is 437 g/mol. The molecule has 0 amide bonds. The molecule has 0 aromatic heterocycles. The summed E-state index contributed by atoms with van der Waals surface area (Å²) in [5, 5.41) is 14.4. The van der Waals surface area contributed by atoms with Gasteiger partial charge in [-0.05, 0) is 137 Å². The Morgan fingerprint density at radius 2 is 1.62 bits per heavy atom. The molecule has 4 saturated carbocycles. The Hall–Kier alpha value is -0.810. The molecule has 0 spiro atoms. The van der Waals surface area contributed by atoms with Gasteiger partial charge >= 0.3 is 0 Å². The lowest BCUT2D eigenvalue weighted by Crippen LogP contribution is -2.66. The van der Waals surface area contributed by atoms with Gasteiger partial charge in [-0.25, -0.2) is 0 Å². The van der Waals surface area contributed by atoms with E-state index >= 15 is 0 Å². The van der Waals surface area contributed by atoms with Gasteiger partial charge in [0.15, 0.2) is 0 Å². The van der Waals surface area contributed by atoms with E-state index in [2.05, 4.69) is 59.5 Å². The lowest BCUT2D eigenvalue weighted by atomic mass is 9.33. The summed E-state index contributed by atoms with van der Waals surface area (Å²) in [6.07, 6.45) is 12.9. The van der Waals surface area contributed by atoms with Crippen molar-refractivity contribution in [3.05, 3.63) is 12.2 Å². The summed E-state index contributed by atoms with van der Waals surface area (Å²) in [6, 6.07) is 2.92. The monoisotopic (exact) mass is 436 g/mol. The van der Waals surface area contributed by atoms with Crippen molar-refractivity contribution in [1.29, 1.82) is 5.26 Å². The molecule has 0 aromatic rings. The lowest BCUT2D eigenvalue weighted by Gasteiger charge is -2.71. The van der Waals surface area contributed by atoms with Gasteiger partial charge in [0.1, 0.15) is 0 Å². The Labute approximate surface area is 198 Å². The molecule has 1 N–H and O–H groups in total. The molecule has 1 aliphatic heterocycles. The fourth-order valence-corrected chi connectivity index (χ4v) is 11.2. The second kappa shape index (κ2) is 7.10. The van der Waals surface area contributed by atoms with Crippen molar-refractivity contribution in [2.24, 2.45) is 51.2 Å². The van der Waals surface area contributed by atoms with Crippen molar-refractivity contribution in [3.8, 4) is 6.07 Å². The third kappa shape index (κ3) is 2.73. The van der Waals surface area contributed by atoms with E-state index in [1.165, 1.54) is 63.5 Å². The normalized spacial score (nSPS) is 54.2. The number of nitriles is 1. The molecule has 0 radical (unpaired) electrons. The van der Waals surface area contributed by atoms with Crippen molar-refractivity contribution >= 4 is 0 Å². The molecule has 9 atom stereocenters. The zero-order valence-corrected chi connectivity index (χ0v) is 21.8. The van der Waals surface area contributed by atoms with Crippen molar-refractivity contribution < 1.29 is 0 Å². The smallest absolute Gasteiger partial charge is 0.0693 e. The molecular weight excluding hydrogens is 388 g/mol. The largest absolute Gasteiger partial charge is 0.311 e. The molecule has 0 unspecified atom stereocenters. The van der Waals surface area contributed by atoms with Crippen LogP contribution in [-0.2, 0) is 0 Å². The van der Waals surface area contributed by atoms with Gasteiger partial charge in [0.25, 0.3) is 0 Å². The molecule has 2 nitrogen and oxygen atoms in total. The maximum absolute atomic E-state index is 10.4. The van der Waals surface area contributed by atoms with Crippen molar-refractivity contribution in [3.63, 3.8) is 0 Å². The van der Waals surface area contributed by atoms with Gasteiger partial charge in [-0.2, -0.15) is 5.26 Å². The van der Waals surface area contributed by atoms with Crippen molar-refractivity contribution in [1.82, 2.24) is 5.32 Å². The minimum atomic E-state index is -0.0771. The quantitative estimate of drug-likeness (QED) is 0.432. The molecule has 0 aromatic carbocycles. The number of allylic oxidation sites excluding steroid dienone is 1. The number of hydrogen-bond acceptors (Lipinski definition) is 2. The highest BCUT2D eigenvalue weighted by molar-refractivity contribution is 5.24. The fraction of sp³-hybridized carbons (Fsp3) is 0.900. The predicted octanol–water partition coefficient (Wildman–Crippen LogP) is 7.51. The predicted molar refractivity (Wildman–Crippen MR) is 133 cm³/mol. The maximum atomic E-state index is 10.4. The average Bonchev–Trinajstić information content (AvgIpc) is 3.07. The highest BCUT2D eigenvalue weighted by Crippen LogP contribution is 2.76. The Balaban J connectivity index is 1.57. The Morgan fingerprint density at radius 1 is 0.875 bits per heavy atom. The number of hydrogen-bond donors (Lipinski definition) is 1. The van der Waals surface area contributed by atoms with Crippen LogP contribution < -0.4 is 5.32 Å². The molecule has 4 aliphatic carbocycles. The molecule has 1 saturated heterocycles. The second-order valence-electron chi connectivity index (χ2n) is 14.2. The molecular formula is C30H48N2. The molecule has 178 valence electrons. The van der Waals surface area contributed by atoms with Crippen LogP contribution in [0.15, 0.2) is 12.2 Å². The third-order valence-electron chi connectivity index (χ3n) is 12.9. The van der Waals surface area contributed by atoms with E-state index in [1.54, 1.807) is 0 Å². The minimum absolute atomic E-state index is 0.0771. The van der Waals surface area contributed by atoms with Gasteiger partial charge in [-0.3, -0.25) is 0 Å². The Bertz CT molecular complexity index is 836. The molecule has 1 heterocycles. The first kappa shape index (κ1) is 23.0. The molecule has 5 fully saturated rings. The highest BCUT2D eigenvalue weighted by atomic mass is 15.0. The zero-order valence-electron chi connectivity index (χ0n) is 21.8. The lowest BCUT2D eigenvalue weighted by molar-refractivity contribution is -0.218. The summed E-state index contributed by atoms with van der Waals surface area (Å²) in [7, 11) is 0. The van der Waals surface area contributed by atoms with Crippen LogP contribution >= 0.6 is 0 Å². The zero-order chi connectivity index (χ0) is 23.2.